The van der Waals surface area contributed by atoms with Gasteiger partial charge in [0.15, 0.2) is 5.82 Å². The highest BCUT2D eigenvalue weighted by Gasteiger charge is 2.11. The van der Waals surface area contributed by atoms with Crippen LogP contribution in [0.3, 0.4) is 0 Å². The largest absolute Gasteiger partial charge is 0.492 e. The van der Waals surface area contributed by atoms with E-state index in [0.717, 1.165) is 17.9 Å². The Labute approximate surface area is 130 Å². The summed E-state index contributed by atoms with van der Waals surface area (Å²) in [6, 6.07) is 7.99. The van der Waals surface area contributed by atoms with Crippen molar-refractivity contribution in [3.05, 3.63) is 41.5 Å². The minimum atomic E-state index is 0.504. The molecular weight excluding hydrogens is 278 g/mol. The number of hydrogen-bond acceptors (Lipinski definition) is 5. The Morgan fingerprint density at radius 1 is 1.23 bits per heavy atom. The fourth-order valence-corrected chi connectivity index (χ4v) is 2.58. The third-order valence-electron chi connectivity index (χ3n) is 3.73. The molecule has 22 heavy (non-hydrogen) atoms. The molecule has 1 fully saturated rings. The molecule has 5 nitrogen and oxygen atoms in total. The van der Waals surface area contributed by atoms with Crippen LogP contribution in [0.15, 0.2) is 28.8 Å². The highest BCUT2D eigenvalue weighted by Crippen LogP contribution is 2.20. The van der Waals surface area contributed by atoms with E-state index in [1.54, 1.807) is 6.92 Å². The van der Waals surface area contributed by atoms with Crippen LogP contribution in [0.25, 0.3) is 12.2 Å². The number of benzene rings is 1. The zero-order valence-corrected chi connectivity index (χ0v) is 12.9. The number of hydrogen-bond donors (Lipinski definition) is 0. The predicted molar refractivity (Wildman–Crippen MR) is 85.6 cm³/mol. The molecule has 1 aliphatic heterocycles. The lowest BCUT2D eigenvalue weighted by molar-refractivity contribution is 0.237. The quantitative estimate of drug-likeness (QED) is 0.820. The van der Waals surface area contributed by atoms with Gasteiger partial charge in [-0.1, -0.05) is 23.4 Å². The Morgan fingerprint density at radius 2 is 2.05 bits per heavy atom. The molecule has 3 rings (SSSR count). The Kier molecular flexibility index (Phi) is 4.85. The van der Waals surface area contributed by atoms with E-state index in [1.165, 1.54) is 25.9 Å². The summed E-state index contributed by atoms with van der Waals surface area (Å²) in [7, 11) is 0. The van der Waals surface area contributed by atoms with Crippen LogP contribution in [0.1, 0.15) is 30.1 Å². The van der Waals surface area contributed by atoms with Gasteiger partial charge in [0.05, 0.1) is 0 Å². The Morgan fingerprint density at radius 3 is 2.82 bits per heavy atom. The molecule has 0 N–H and O–H groups in total. The number of likely N-dealkylation sites (tertiary alicyclic amines) is 1. The van der Waals surface area contributed by atoms with Gasteiger partial charge in [-0.25, -0.2) is 0 Å². The van der Waals surface area contributed by atoms with Gasteiger partial charge in [0.1, 0.15) is 12.4 Å². The van der Waals surface area contributed by atoms with E-state index in [9.17, 15) is 0 Å². The number of ether oxygens (including phenoxy) is 1. The number of nitrogens with zero attached hydrogens (tertiary/aromatic N) is 3. The molecule has 1 aromatic carbocycles. The number of aromatic nitrogens is 2. The van der Waals surface area contributed by atoms with Gasteiger partial charge in [-0.3, -0.25) is 4.90 Å². The molecule has 0 aliphatic carbocycles. The van der Waals surface area contributed by atoms with Crippen molar-refractivity contribution >= 4 is 12.2 Å². The van der Waals surface area contributed by atoms with Gasteiger partial charge in [0.25, 0.3) is 5.89 Å². The second kappa shape index (κ2) is 7.22. The van der Waals surface area contributed by atoms with E-state index in [-0.39, 0.29) is 0 Å². The van der Waals surface area contributed by atoms with E-state index in [1.807, 2.05) is 36.4 Å². The first kappa shape index (κ1) is 14.8. The first-order valence-corrected chi connectivity index (χ1v) is 7.74. The molecule has 0 amide bonds. The van der Waals surface area contributed by atoms with Gasteiger partial charge >= 0.3 is 0 Å². The minimum absolute atomic E-state index is 0.504. The summed E-state index contributed by atoms with van der Waals surface area (Å²) >= 11 is 0. The van der Waals surface area contributed by atoms with Crippen LogP contribution in [-0.4, -0.2) is 41.3 Å². The Bertz CT molecular complexity index is 630. The number of aryl methyl sites for hydroxylation is 1. The van der Waals surface area contributed by atoms with Crippen LogP contribution in [0.5, 0.6) is 5.75 Å². The molecule has 0 spiro atoms. The zero-order valence-electron chi connectivity index (χ0n) is 12.9. The molecule has 5 heteroatoms. The van der Waals surface area contributed by atoms with Crippen molar-refractivity contribution in [3.8, 4) is 5.75 Å². The SMILES string of the molecule is Cc1noc(C=Cc2ccccc2OCCN2CCCC2)n1. The van der Waals surface area contributed by atoms with Crippen LogP contribution < -0.4 is 4.74 Å². The highest BCUT2D eigenvalue weighted by molar-refractivity contribution is 5.69. The Hall–Kier alpha value is -2.14. The molecule has 1 aromatic heterocycles. The van der Waals surface area contributed by atoms with Crippen molar-refractivity contribution in [2.24, 2.45) is 0 Å². The monoisotopic (exact) mass is 299 g/mol. The van der Waals surface area contributed by atoms with Gasteiger partial charge in [-0.05, 0) is 45.0 Å². The summed E-state index contributed by atoms with van der Waals surface area (Å²) in [5.74, 6) is 2.02. The Balaban J connectivity index is 1.60. The van der Waals surface area contributed by atoms with Crippen molar-refractivity contribution in [1.82, 2.24) is 15.0 Å². The summed E-state index contributed by atoms with van der Waals surface area (Å²) in [6.45, 7) is 5.89. The highest BCUT2D eigenvalue weighted by atomic mass is 16.5. The lowest BCUT2D eigenvalue weighted by Crippen LogP contribution is -2.25. The van der Waals surface area contributed by atoms with E-state index in [2.05, 4.69) is 15.0 Å². The van der Waals surface area contributed by atoms with Gasteiger partial charge in [-0.2, -0.15) is 4.98 Å². The average molecular weight is 299 g/mol. The van der Waals surface area contributed by atoms with E-state index < -0.39 is 0 Å². The molecule has 2 aromatic rings. The van der Waals surface area contributed by atoms with Gasteiger partial charge in [-0.15, -0.1) is 0 Å². The molecule has 0 unspecified atom stereocenters. The normalized spacial score (nSPS) is 15.7. The third kappa shape index (κ3) is 3.95. The predicted octanol–water partition coefficient (Wildman–Crippen LogP) is 3.02. The second-order valence-electron chi connectivity index (χ2n) is 5.45. The zero-order chi connectivity index (χ0) is 15.2. The van der Waals surface area contributed by atoms with Gasteiger partial charge in [0.2, 0.25) is 0 Å². The lowest BCUT2D eigenvalue weighted by atomic mass is 10.2. The van der Waals surface area contributed by atoms with Crippen molar-refractivity contribution in [2.75, 3.05) is 26.2 Å². The van der Waals surface area contributed by atoms with Gasteiger partial charge < -0.3 is 9.26 Å². The summed E-state index contributed by atoms with van der Waals surface area (Å²) in [4.78, 5) is 6.60. The van der Waals surface area contributed by atoms with E-state index >= 15 is 0 Å². The molecule has 0 atom stereocenters. The fourth-order valence-electron chi connectivity index (χ4n) is 2.58. The maximum absolute atomic E-state index is 5.93. The maximum Gasteiger partial charge on any atom is 0.250 e. The summed E-state index contributed by atoms with van der Waals surface area (Å²) < 4.78 is 11.0. The summed E-state index contributed by atoms with van der Waals surface area (Å²) in [6.07, 6.45) is 6.37. The molecule has 2 heterocycles. The fraction of sp³-hybridized carbons (Fsp3) is 0.412. The number of rotatable bonds is 6. The molecule has 0 radical (unpaired) electrons. The van der Waals surface area contributed by atoms with Crippen LogP contribution in [0, 0.1) is 6.92 Å². The molecule has 0 saturated carbocycles. The standard InChI is InChI=1S/C17H21N3O2/c1-14-18-17(22-19-14)9-8-15-6-2-3-7-16(15)21-13-12-20-10-4-5-11-20/h2-3,6-9H,4-5,10-13H2,1H3. The third-order valence-corrected chi connectivity index (χ3v) is 3.73. The molecule has 116 valence electrons. The lowest BCUT2D eigenvalue weighted by Gasteiger charge is -2.15. The minimum Gasteiger partial charge on any atom is -0.492 e. The maximum atomic E-state index is 5.93. The number of para-hydroxylation sites is 1. The van der Waals surface area contributed by atoms with E-state index in [4.69, 9.17) is 9.26 Å². The average Bonchev–Trinajstić information content (AvgIpc) is 3.18. The topological polar surface area (TPSA) is 51.4 Å². The first-order chi connectivity index (χ1) is 10.8. The van der Waals surface area contributed by atoms with Crippen LogP contribution in [0.4, 0.5) is 0 Å². The smallest absolute Gasteiger partial charge is 0.250 e. The second-order valence-corrected chi connectivity index (χ2v) is 5.45. The molecule has 1 aliphatic rings. The van der Waals surface area contributed by atoms with Crippen LogP contribution >= 0.6 is 0 Å². The molecule has 1 saturated heterocycles. The first-order valence-electron chi connectivity index (χ1n) is 7.74. The van der Waals surface area contributed by atoms with Crippen molar-refractivity contribution in [2.45, 2.75) is 19.8 Å². The van der Waals surface area contributed by atoms with Crippen LogP contribution in [0.2, 0.25) is 0 Å². The van der Waals surface area contributed by atoms with E-state index in [0.29, 0.717) is 18.3 Å². The van der Waals surface area contributed by atoms with Crippen molar-refractivity contribution in [3.63, 3.8) is 0 Å². The summed E-state index contributed by atoms with van der Waals surface area (Å²) in [5.41, 5.74) is 1.01. The van der Waals surface area contributed by atoms with Crippen LogP contribution in [-0.2, 0) is 0 Å². The molecular formula is C17H21N3O2. The molecule has 0 bridgehead atoms. The van der Waals surface area contributed by atoms with Gasteiger partial charge in [0, 0.05) is 18.2 Å². The van der Waals surface area contributed by atoms with Crippen molar-refractivity contribution in [1.29, 1.82) is 0 Å². The summed E-state index contributed by atoms with van der Waals surface area (Å²) in [5, 5.41) is 3.77. The van der Waals surface area contributed by atoms with Crippen molar-refractivity contribution < 1.29 is 9.26 Å².